The van der Waals surface area contributed by atoms with Crippen LogP contribution in [0.3, 0.4) is 0 Å². The van der Waals surface area contributed by atoms with Crippen LogP contribution in [-0.2, 0) is 9.53 Å². The second-order valence-electron chi connectivity index (χ2n) is 5.07. The standard InChI is InChI=1S/C14H25NO3/c1-3-18-13(16)12(2)10-15-11-14(17)8-6-4-5-7-9-14/h15,17H,2-11H2,1H3. The molecule has 0 aromatic carbocycles. The van der Waals surface area contributed by atoms with Crippen molar-refractivity contribution in [3.8, 4) is 0 Å². The SMILES string of the molecule is C=C(CNCC1(O)CCCCCC1)C(=O)OCC. The zero-order valence-corrected chi connectivity index (χ0v) is 11.3. The number of aliphatic hydroxyl groups is 1. The van der Waals surface area contributed by atoms with Gasteiger partial charge >= 0.3 is 5.97 Å². The first kappa shape index (κ1) is 15.2. The number of ether oxygens (including phenoxy) is 1. The second kappa shape index (κ2) is 7.54. The zero-order chi connectivity index (χ0) is 13.4. The maximum absolute atomic E-state index is 11.3. The average Bonchev–Trinajstić information content (AvgIpc) is 2.54. The van der Waals surface area contributed by atoms with Gasteiger partial charge in [-0.25, -0.2) is 4.79 Å². The molecule has 4 nitrogen and oxygen atoms in total. The summed E-state index contributed by atoms with van der Waals surface area (Å²) in [5.74, 6) is -0.363. The Labute approximate surface area is 109 Å². The van der Waals surface area contributed by atoms with Crippen LogP contribution in [0.5, 0.6) is 0 Å². The van der Waals surface area contributed by atoms with Crippen molar-refractivity contribution in [2.75, 3.05) is 19.7 Å². The van der Waals surface area contributed by atoms with Gasteiger partial charge in [-0.05, 0) is 19.8 Å². The van der Waals surface area contributed by atoms with E-state index in [1.165, 1.54) is 12.8 Å². The van der Waals surface area contributed by atoms with Gasteiger partial charge in [-0.1, -0.05) is 32.3 Å². The van der Waals surface area contributed by atoms with Gasteiger partial charge in [0.2, 0.25) is 0 Å². The van der Waals surface area contributed by atoms with Crippen molar-refractivity contribution in [3.05, 3.63) is 12.2 Å². The number of hydrogen-bond donors (Lipinski definition) is 2. The molecule has 0 saturated heterocycles. The molecule has 0 bridgehead atoms. The number of carbonyl (C=O) groups excluding carboxylic acids is 1. The highest BCUT2D eigenvalue weighted by Crippen LogP contribution is 2.26. The number of rotatable bonds is 6. The minimum absolute atomic E-state index is 0.363. The lowest BCUT2D eigenvalue weighted by molar-refractivity contribution is -0.138. The molecule has 0 amide bonds. The van der Waals surface area contributed by atoms with Crippen LogP contribution in [0.1, 0.15) is 45.4 Å². The van der Waals surface area contributed by atoms with E-state index in [0.29, 0.717) is 25.3 Å². The Morgan fingerprint density at radius 2 is 1.94 bits per heavy atom. The second-order valence-corrected chi connectivity index (χ2v) is 5.07. The summed E-state index contributed by atoms with van der Waals surface area (Å²) in [6, 6.07) is 0. The van der Waals surface area contributed by atoms with Gasteiger partial charge in [0.05, 0.1) is 12.2 Å². The molecule has 1 saturated carbocycles. The highest BCUT2D eigenvalue weighted by molar-refractivity contribution is 5.88. The molecule has 1 aliphatic carbocycles. The van der Waals surface area contributed by atoms with Gasteiger partial charge in [-0.15, -0.1) is 0 Å². The molecular weight excluding hydrogens is 230 g/mol. The predicted molar refractivity (Wildman–Crippen MR) is 71.3 cm³/mol. The van der Waals surface area contributed by atoms with E-state index >= 15 is 0 Å². The monoisotopic (exact) mass is 255 g/mol. The van der Waals surface area contributed by atoms with E-state index in [1.807, 2.05) is 0 Å². The highest BCUT2D eigenvalue weighted by atomic mass is 16.5. The van der Waals surface area contributed by atoms with Gasteiger partial charge in [0.25, 0.3) is 0 Å². The largest absolute Gasteiger partial charge is 0.463 e. The van der Waals surface area contributed by atoms with E-state index in [2.05, 4.69) is 11.9 Å². The third-order valence-corrected chi connectivity index (χ3v) is 3.39. The molecule has 0 unspecified atom stereocenters. The third kappa shape index (κ3) is 5.19. The van der Waals surface area contributed by atoms with E-state index in [4.69, 9.17) is 4.74 Å². The Balaban J connectivity index is 2.27. The van der Waals surface area contributed by atoms with Gasteiger partial charge in [0.15, 0.2) is 0 Å². The Morgan fingerprint density at radius 1 is 1.33 bits per heavy atom. The summed E-state index contributed by atoms with van der Waals surface area (Å²) in [6.45, 7) is 6.71. The van der Waals surface area contributed by atoms with Crippen molar-refractivity contribution in [2.24, 2.45) is 0 Å². The van der Waals surface area contributed by atoms with Crippen LogP contribution in [0.25, 0.3) is 0 Å². The van der Waals surface area contributed by atoms with Crippen LogP contribution in [0.2, 0.25) is 0 Å². The summed E-state index contributed by atoms with van der Waals surface area (Å²) < 4.78 is 4.85. The summed E-state index contributed by atoms with van der Waals surface area (Å²) in [4.78, 5) is 11.3. The molecule has 2 N–H and O–H groups in total. The fourth-order valence-electron chi connectivity index (χ4n) is 2.31. The molecular formula is C14H25NO3. The Kier molecular flexibility index (Phi) is 6.36. The minimum atomic E-state index is -0.620. The number of carbonyl (C=O) groups is 1. The molecule has 1 rings (SSSR count). The van der Waals surface area contributed by atoms with Gasteiger partial charge < -0.3 is 15.2 Å². The van der Waals surface area contributed by atoms with Crippen molar-refractivity contribution in [3.63, 3.8) is 0 Å². The lowest BCUT2D eigenvalue weighted by Crippen LogP contribution is -2.41. The molecule has 4 heteroatoms. The van der Waals surface area contributed by atoms with Gasteiger partial charge in [-0.3, -0.25) is 0 Å². The third-order valence-electron chi connectivity index (χ3n) is 3.39. The van der Waals surface area contributed by atoms with Gasteiger partial charge in [0.1, 0.15) is 0 Å². The van der Waals surface area contributed by atoms with Crippen LogP contribution in [0.15, 0.2) is 12.2 Å². The Bertz CT molecular complexity index is 281. The molecule has 1 aliphatic rings. The quantitative estimate of drug-likeness (QED) is 0.431. The van der Waals surface area contributed by atoms with E-state index in [0.717, 1.165) is 25.7 Å². The number of hydrogen-bond acceptors (Lipinski definition) is 4. The van der Waals surface area contributed by atoms with Crippen molar-refractivity contribution in [1.82, 2.24) is 5.32 Å². The van der Waals surface area contributed by atoms with Crippen LogP contribution >= 0.6 is 0 Å². The lowest BCUT2D eigenvalue weighted by Gasteiger charge is -2.27. The fraction of sp³-hybridized carbons (Fsp3) is 0.786. The summed E-state index contributed by atoms with van der Waals surface area (Å²) in [6.07, 6.45) is 6.25. The molecule has 0 aromatic heterocycles. The topological polar surface area (TPSA) is 58.6 Å². The first-order valence-electron chi connectivity index (χ1n) is 6.85. The van der Waals surface area contributed by atoms with E-state index in [9.17, 15) is 9.90 Å². The first-order chi connectivity index (χ1) is 8.57. The molecule has 0 heterocycles. The van der Waals surface area contributed by atoms with Crippen molar-refractivity contribution in [1.29, 1.82) is 0 Å². The summed E-state index contributed by atoms with van der Waals surface area (Å²) in [7, 11) is 0. The van der Waals surface area contributed by atoms with Crippen molar-refractivity contribution < 1.29 is 14.6 Å². The first-order valence-corrected chi connectivity index (χ1v) is 6.85. The maximum Gasteiger partial charge on any atom is 0.334 e. The smallest absolute Gasteiger partial charge is 0.334 e. The maximum atomic E-state index is 11.3. The zero-order valence-electron chi connectivity index (χ0n) is 11.3. The van der Waals surface area contributed by atoms with Crippen LogP contribution in [0.4, 0.5) is 0 Å². The van der Waals surface area contributed by atoms with Crippen molar-refractivity contribution >= 4 is 5.97 Å². The van der Waals surface area contributed by atoms with Crippen LogP contribution in [0, 0.1) is 0 Å². The molecule has 0 atom stereocenters. The highest BCUT2D eigenvalue weighted by Gasteiger charge is 2.27. The molecule has 1 fully saturated rings. The molecule has 0 aliphatic heterocycles. The summed E-state index contributed by atoms with van der Waals surface area (Å²) in [5.41, 5.74) is -0.208. The van der Waals surface area contributed by atoms with Gasteiger partial charge in [-0.2, -0.15) is 0 Å². The molecule has 18 heavy (non-hydrogen) atoms. The molecule has 0 aromatic rings. The summed E-state index contributed by atoms with van der Waals surface area (Å²) >= 11 is 0. The molecule has 104 valence electrons. The molecule has 0 spiro atoms. The fourth-order valence-corrected chi connectivity index (χ4v) is 2.31. The predicted octanol–water partition coefficient (Wildman–Crippen LogP) is 1.78. The molecule has 0 radical (unpaired) electrons. The van der Waals surface area contributed by atoms with Crippen LogP contribution in [-0.4, -0.2) is 36.4 Å². The van der Waals surface area contributed by atoms with E-state index in [1.54, 1.807) is 6.92 Å². The number of esters is 1. The van der Waals surface area contributed by atoms with Gasteiger partial charge in [0, 0.05) is 18.7 Å². The normalized spacial score (nSPS) is 19.0. The van der Waals surface area contributed by atoms with Crippen LogP contribution < -0.4 is 5.32 Å². The minimum Gasteiger partial charge on any atom is -0.463 e. The Hall–Kier alpha value is -0.870. The van der Waals surface area contributed by atoms with E-state index < -0.39 is 5.60 Å². The Morgan fingerprint density at radius 3 is 2.50 bits per heavy atom. The average molecular weight is 255 g/mol. The lowest BCUT2D eigenvalue weighted by atomic mass is 9.94. The van der Waals surface area contributed by atoms with Crippen molar-refractivity contribution in [2.45, 2.75) is 51.0 Å². The van der Waals surface area contributed by atoms with E-state index in [-0.39, 0.29) is 5.97 Å². The number of nitrogens with one attached hydrogen (secondary N) is 1. The summed E-state index contributed by atoms with van der Waals surface area (Å²) in [5, 5.41) is 13.5.